The van der Waals surface area contributed by atoms with Crippen molar-refractivity contribution in [3.05, 3.63) is 35.6 Å². The number of ether oxygens (including phenoxy) is 2. The van der Waals surface area contributed by atoms with E-state index in [1.54, 1.807) is 12.1 Å². The van der Waals surface area contributed by atoms with Gasteiger partial charge in [0.2, 0.25) is 0 Å². The number of hydrogen-bond acceptors (Lipinski definition) is 2. The Bertz CT molecular complexity index is 544. The monoisotopic (exact) mass is 292 g/mol. The largest absolute Gasteiger partial charge is 0.367 e. The Labute approximate surface area is 126 Å². The van der Waals surface area contributed by atoms with Crippen molar-refractivity contribution < 1.29 is 13.9 Å². The first-order chi connectivity index (χ1) is 9.80. The molecule has 2 nitrogen and oxygen atoms in total. The maximum absolute atomic E-state index is 13.8. The van der Waals surface area contributed by atoms with Gasteiger partial charge in [-0.15, -0.1) is 0 Å². The Morgan fingerprint density at radius 3 is 2.57 bits per heavy atom. The molecule has 3 unspecified atom stereocenters. The van der Waals surface area contributed by atoms with Gasteiger partial charge in [0.1, 0.15) is 5.82 Å². The van der Waals surface area contributed by atoms with Crippen LogP contribution in [-0.2, 0) is 16.1 Å². The van der Waals surface area contributed by atoms with Crippen molar-refractivity contribution in [3.8, 4) is 0 Å². The van der Waals surface area contributed by atoms with Crippen molar-refractivity contribution in [1.29, 1.82) is 0 Å². The summed E-state index contributed by atoms with van der Waals surface area (Å²) in [7, 11) is 0. The van der Waals surface area contributed by atoms with Crippen molar-refractivity contribution >= 4 is 0 Å². The summed E-state index contributed by atoms with van der Waals surface area (Å²) in [5, 5.41) is 0. The van der Waals surface area contributed by atoms with Gasteiger partial charge in [-0.25, -0.2) is 4.39 Å². The van der Waals surface area contributed by atoms with Crippen LogP contribution in [0.25, 0.3) is 0 Å². The first-order valence-corrected chi connectivity index (χ1v) is 7.88. The zero-order chi connectivity index (χ0) is 15.3. The van der Waals surface area contributed by atoms with Crippen LogP contribution in [0.3, 0.4) is 0 Å². The molecule has 2 saturated heterocycles. The third-order valence-corrected chi connectivity index (χ3v) is 5.77. The predicted molar refractivity (Wildman–Crippen MR) is 80.5 cm³/mol. The Morgan fingerprint density at radius 1 is 1.24 bits per heavy atom. The minimum atomic E-state index is -0.349. The molecule has 2 aliphatic heterocycles. The second-order valence-electron chi connectivity index (χ2n) is 7.34. The average Bonchev–Trinajstić information content (AvgIpc) is 2.88. The summed E-state index contributed by atoms with van der Waals surface area (Å²) in [6.07, 6.45) is 3.00. The standard InChI is InChI=1S/C18H25FO2/c1-13(2)18-10-9-16(3,21-18)17(4,12-18)20-11-14-7-5-6-8-15(14)19/h5-8,13H,9-12H2,1-4H3. The molecule has 0 amide bonds. The number of halogens is 1. The Hall–Kier alpha value is -0.930. The molecule has 0 aliphatic carbocycles. The van der Waals surface area contributed by atoms with E-state index in [-0.39, 0.29) is 22.6 Å². The maximum Gasteiger partial charge on any atom is 0.128 e. The summed E-state index contributed by atoms with van der Waals surface area (Å²) in [5.41, 5.74) is -0.0670. The molecule has 0 radical (unpaired) electrons. The summed E-state index contributed by atoms with van der Waals surface area (Å²) in [5.74, 6) is 0.270. The maximum atomic E-state index is 13.8. The molecule has 116 valence electrons. The third kappa shape index (κ3) is 2.22. The van der Waals surface area contributed by atoms with Gasteiger partial charge in [-0.1, -0.05) is 32.0 Å². The second-order valence-corrected chi connectivity index (χ2v) is 7.34. The number of benzene rings is 1. The summed E-state index contributed by atoms with van der Waals surface area (Å²) in [6, 6.07) is 6.82. The molecule has 0 spiro atoms. The third-order valence-electron chi connectivity index (χ3n) is 5.77. The van der Waals surface area contributed by atoms with Crippen molar-refractivity contribution in [2.75, 3.05) is 0 Å². The highest BCUT2D eigenvalue weighted by molar-refractivity contribution is 5.19. The van der Waals surface area contributed by atoms with E-state index < -0.39 is 0 Å². The summed E-state index contributed by atoms with van der Waals surface area (Å²) >= 11 is 0. The van der Waals surface area contributed by atoms with Crippen molar-refractivity contribution in [3.63, 3.8) is 0 Å². The average molecular weight is 292 g/mol. The SMILES string of the molecule is CC(C)C12CCC(C)(O1)C(C)(OCc1ccccc1F)C2. The molecule has 0 saturated carbocycles. The Morgan fingerprint density at radius 2 is 1.95 bits per heavy atom. The van der Waals surface area contributed by atoms with Gasteiger partial charge in [0, 0.05) is 12.0 Å². The lowest BCUT2D eigenvalue weighted by molar-refractivity contribution is -0.142. The Kier molecular flexibility index (Phi) is 3.42. The molecule has 3 rings (SSSR count). The first kappa shape index (κ1) is 15.0. The number of fused-ring (bicyclic) bond motifs is 2. The van der Waals surface area contributed by atoms with Gasteiger partial charge in [-0.05, 0) is 38.7 Å². The number of hydrogen-bond donors (Lipinski definition) is 0. The summed E-state index contributed by atoms with van der Waals surface area (Å²) in [6.45, 7) is 9.00. The van der Waals surface area contributed by atoms with Crippen molar-refractivity contribution in [1.82, 2.24) is 0 Å². The summed E-state index contributed by atoms with van der Waals surface area (Å²) in [4.78, 5) is 0. The smallest absolute Gasteiger partial charge is 0.128 e. The van der Waals surface area contributed by atoms with Gasteiger partial charge < -0.3 is 9.47 Å². The highest BCUT2D eigenvalue weighted by Crippen LogP contribution is 2.60. The van der Waals surface area contributed by atoms with E-state index in [0.717, 1.165) is 19.3 Å². The van der Waals surface area contributed by atoms with Gasteiger partial charge in [-0.2, -0.15) is 0 Å². The highest BCUT2D eigenvalue weighted by atomic mass is 19.1. The minimum Gasteiger partial charge on any atom is -0.367 e. The van der Waals surface area contributed by atoms with Crippen molar-refractivity contribution in [2.45, 2.75) is 70.4 Å². The van der Waals surface area contributed by atoms with E-state index in [0.29, 0.717) is 18.1 Å². The Balaban J connectivity index is 1.78. The van der Waals surface area contributed by atoms with E-state index in [2.05, 4.69) is 27.7 Å². The molecule has 2 fully saturated rings. The molecule has 3 atom stereocenters. The molecule has 0 aromatic heterocycles. The molecular formula is C18H25FO2. The van der Waals surface area contributed by atoms with Crippen LogP contribution >= 0.6 is 0 Å². The fourth-order valence-electron chi connectivity index (χ4n) is 3.92. The quantitative estimate of drug-likeness (QED) is 0.815. The zero-order valence-electron chi connectivity index (χ0n) is 13.4. The molecule has 21 heavy (non-hydrogen) atoms. The lowest BCUT2D eigenvalue weighted by Gasteiger charge is -2.40. The van der Waals surface area contributed by atoms with Crippen LogP contribution in [0.2, 0.25) is 0 Å². The van der Waals surface area contributed by atoms with Crippen molar-refractivity contribution in [2.24, 2.45) is 5.92 Å². The van der Waals surface area contributed by atoms with Gasteiger partial charge in [-0.3, -0.25) is 0 Å². The highest BCUT2D eigenvalue weighted by Gasteiger charge is 2.66. The second kappa shape index (κ2) is 4.79. The van der Waals surface area contributed by atoms with Crippen LogP contribution in [0.5, 0.6) is 0 Å². The molecule has 1 aromatic rings. The predicted octanol–water partition coefficient (Wildman–Crippen LogP) is 4.47. The van der Waals surface area contributed by atoms with E-state index in [9.17, 15) is 4.39 Å². The van der Waals surface area contributed by atoms with Crippen LogP contribution < -0.4 is 0 Å². The molecule has 1 aromatic carbocycles. The molecule has 3 heteroatoms. The topological polar surface area (TPSA) is 18.5 Å². The lowest BCUT2D eigenvalue weighted by atomic mass is 9.69. The molecular weight excluding hydrogens is 267 g/mol. The van der Waals surface area contributed by atoms with Gasteiger partial charge in [0.25, 0.3) is 0 Å². The van der Waals surface area contributed by atoms with E-state index in [1.807, 2.05) is 6.07 Å². The van der Waals surface area contributed by atoms with Crippen LogP contribution in [0.1, 0.15) is 52.5 Å². The van der Waals surface area contributed by atoms with E-state index >= 15 is 0 Å². The number of rotatable bonds is 4. The minimum absolute atomic E-state index is 0.0707. The van der Waals surface area contributed by atoms with Gasteiger partial charge >= 0.3 is 0 Å². The molecule has 2 bridgehead atoms. The van der Waals surface area contributed by atoms with Crippen LogP contribution in [-0.4, -0.2) is 16.8 Å². The normalized spacial score (nSPS) is 38.4. The fraction of sp³-hybridized carbons (Fsp3) is 0.667. The van der Waals surface area contributed by atoms with Crippen LogP contribution in [0, 0.1) is 11.7 Å². The van der Waals surface area contributed by atoms with E-state index in [4.69, 9.17) is 9.47 Å². The van der Waals surface area contributed by atoms with Crippen LogP contribution in [0.4, 0.5) is 4.39 Å². The van der Waals surface area contributed by atoms with Gasteiger partial charge in [0.05, 0.1) is 23.4 Å². The van der Waals surface area contributed by atoms with E-state index in [1.165, 1.54) is 6.07 Å². The van der Waals surface area contributed by atoms with Crippen LogP contribution in [0.15, 0.2) is 24.3 Å². The zero-order valence-corrected chi connectivity index (χ0v) is 13.4. The summed E-state index contributed by atoms with van der Waals surface area (Å²) < 4.78 is 26.4. The fourth-order valence-corrected chi connectivity index (χ4v) is 3.92. The molecule has 2 aliphatic rings. The molecule has 0 N–H and O–H groups in total. The lowest BCUT2D eigenvalue weighted by Crippen LogP contribution is -2.49. The first-order valence-electron chi connectivity index (χ1n) is 7.88. The van der Waals surface area contributed by atoms with Gasteiger partial charge in [0.15, 0.2) is 0 Å². The molecule has 2 heterocycles.